The number of aliphatic imine (C=N–C) groups is 2. The van der Waals surface area contributed by atoms with Crippen LogP contribution in [0.2, 0.25) is 0 Å². The van der Waals surface area contributed by atoms with Gasteiger partial charge in [-0.3, -0.25) is 0 Å². The van der Waals surface area contributed by atoms with Crippen LogP contribution in [-0.2, 0) is 0 Å². The van der Waals surface area contributed by atoms with E-state index in [9.17, 15) is 0 Å². The minimum atomic E-state index is 0.372. The van der Waals surface area contributed by atoms with E-state index >= 15 is 0 Å². The fraction of sp³-hybridized carbons (Fsp3) is 0.889. The summed E-state index contributed by atoms with van der Waals surface area (Å²) < 4.78 is 0. The lowest BCUT2D eigenvalue weighted by Crippen LogP contribution is -2.05. The van der Waals surface area contributed by atoms with E-state index in [-0.39, 0.29) is 0 Å². The Morgan fingerprint density at radius 3 is 2.27 bits per heavy atom. The Morgan fingerprint density at radius 2 is 1.82 bits per heavy atom. The van der Waals surface area contributed by atoms with Crippen molar-refractivity contribution >= 4 is 6.01 Å². The summed E-state index contributed by atoms with van der Waals surface area (Å²) in [6.45, 7) is 10.2. The summed E-state index contributed by atoms with van der Waals surface area (Å²) in [5.74, 6) is 0. The first-order valence-electron chi connectivity index (χ1n) is 4.14. The second-order valence-electron chi connectivity index (χ2n) is 3.77. The van der Waals surface area contributed by atoms with E-state index < -0.39 is 0 Å². The van der Waals surface area contributed by atoms with Gasteiger partial charge in [-0.1, -0.05) is 20.8 Å². The minimum absolute atomic E-state index is 0.372. The molecule has 64 valence electrons. The summed E-state index contributed by atoms with van der Waals surface area (Å²) >= 11 is 0. The van der Waals surface area contributed by atoms with Gasteiger partial charge in [-0.15, -0.1) is 0 Å². The normalized spacial score (nSPS) is 10.5. The van der Waals surface area contributed by atoms with Crippen LogP contribution in [0.1, 0.15) is 34.1 Å². The van der Waals surface area contributed by atoms with Crippen molar-refractivity contribution in [2.75, 3.05) is 13.1 Å². The van der Waals surface area contributed by atoms with Crippen LogP contribution in [0.3, 0.4) is 0 Å². The van der Waals surface area contributed by atoms with Gasteiger partial charge in [0.25, 0.3) is 0 Å². The lowest BCUT2D eigenvalue weighted by molar-refractivity contribution is 0.385. The Bertz CT molecular complexity index is 147. The second kappa shape index (κ2) is 5.09. The summed E-state index contributed by atoms with van der Waals surface area (Å²) in [4.78, 5) is 7.90. The van der Waals surface area contributed by atoms with E-state index in [0.29, 0.717) is 5.41 Å². The van der Waals surface area contributed by atoms with Crippen LogP contribution >= 0.6 is 0 Å². The van der Waals surface area contributed by atoms with Crippen LogP contribution in [0, 0.1) is 5.41 Å². The maximum absolute atomic E-state index is 4.03. The van der Waals surface area contributed by atoms with E-state index in [1.807, 2.05) is 6.92 Å². The molecule has 0 saturated carbocycles. The predicted molar refractivity (Wildman–Crippen MR) is 49.3 cm³/mol. The molecule has 0 aliphatic heterocycles. The van der Waals surface area contributed by atoms with Crippen LogP contribution in [0.5, 0.6) is 0 Å². The Hall–Kier alpha value is -0.620. The lowest BCUT2D eigenvalue weighted by Gasteiger charge is -2.14. The van der Waals surface area contributed by atoms with Gasteiger partial charge in [-0.05, 0) is 18.8 Å². The molecular formula is C9H18N2. The molecule has 0 bridgehead atoms. The zero-order valence-corrected chi connectivity index (χ0v) is 8.02. The predicted octanol–water partition coefficient (Wildman–Crippen LogP) is 2.62. The quantitative estimate of drug-likeness (QED) is 0.558. The molecule has 0 aromatic heterocycles. The first kappa shape index (κ1) is 10.4. The average molecular weight is 154 g/mol. The molecule has 0 radical (unpaired) electrons. The van der Waals surface area contributed by atoms with Crippen molar-refractivity contribution in [1.29, 1.82) is 0 Å². The molecule has 2 nitrogen and oxygen atoms in total. The van der Waals surface area contributed by atoms with E-state index in [0.717, 1.165) is 19.5 Å². The molecule has 0 rings (SSSR count). The molecule has 0 aromatic carbocycles. The standard InChI is InChI=1S/C9H18N2/c1-5-10-8-11-7-6-9(2,3)4/h5-7H2,1-4H3. The smallest absolute Gasteiger partial charge is 0.0892 e. The fourth-order valence-corrected chi connectivity index (χ4v) is 0.562. The van der Waals surface area contributed by atoms with Crippen LogP contribution in [0.15, 0.2) is 9.98 Å². The molecule has 0 fully saturated rings. The molecule has 0 N–H and O–H groups in total. The summed E-state index contributed by atoms with van der Waals surface area (Å²) in [6, 6.07) is 2.66. The molecule has 0 heterocycles. The van der Waals surface area contributed by atoms with Gasteiger partial charge in [0.15, 0.2) is 0 Å². The Kier molecular flexibility index (Phi) is 4.80. The highest BCUT2D eigenvalue weighted by Gasteiger charge is 2.07. The molecule has 2 heteroatoms. The largest absolute Gasteiger partial charge is 0.226 e. The topological polar surface area (TPSA) is 24.7 Å². The Balaban J connectivity index is 3.50. The Labute approximate surface area is 69.4 Å². The zero-order chi connectivity index (χ0) is 8.74. The highest BCUT2D eigenvalue weighted by atomic mass is 14.8. The molecule has 0 spiro atoms. The van der Waals surface area contributed by atoms with E-state index in [4.69, 9.17) is 0 Å². The van der Waals surface area contributed by atoms with E-state index in [1.54, 1.807) is 0 Å². The summed E-state index contributed by atoms with van der Waals surface area (Å²) in [6.07, 6.45) is 1.10. The third-order valence-corrected chi connectivity index (χ3v) is 1.27. The average Bonchev–Trinajstić information content (AvgIpc) is 1.85. The zero-order valence-electron chi connectivity index (χ0n) is 8.02. The molecule has 0 atom stereocenters. The van der Waals surface area contributed by atoms with Gasteiger partial charge in [-0.2, -0.15) is 0 Å². The third-order valence-electron chi connectivity index (χ3n) is 1.27. The molecular weight excluding hydrogens is 136 g/mol. The van der Waals surface area contributed by atoms with Gasteiger partial charge < -0.3 is 0 Å². The highest BCUT2D eigenvalue weighted by Crippen LogP contribution is 2.17. The third kappa shape index (κ3) is 9.38. The molecule has 0 aromatic rings. The summed E-state index contributed by atoms with van der Waals surface area (Å²) in [5.41, 5.74) is 0.372. The van der Waals surface area contributed by atoms with Crippen LogP contribution in [0.4, 0.5) is 0 Å². The number of nitrogens with zero attached hydrogens (tertiary/aromatic N) is 2. The van der Waals surface area contributed by atoms with Crippen LogP contribution < -0.4 is 0 Å². The first-order chi connectivity index (χ1) is 5.06. The van der Waals surface area contributed by atoms with Crippen molar-refractivity contribution < 1.29 is 0 Å². The van der Waals surface area contributed by atoms with Crippen molar-refractivity contribution in [3.63, 3.8) is 0 Å². The SMILES string of the molecule is CCN=C=NCCC(C)(C)C. The number of rotatable bonds is 3. The molecule has 0 unspecified atom stereocenters. The number of hydrogen-bond donors (Lipinski definition) is 0. The molecule has 11 heavy (non-hydrogen) atoms. The molecule has 0 aliphatic carbocycles. The second-order valence-corrected chi connectivity index (χ2v) is 3.77. The van der Waals surface area contributed by atoms with Crippen molar-refractivity contribution in [1.82, 2.24) is 0 Å². The van der Waals surface area contributed by atoms with Crippen molar-refractivity contribution in [2.45, 2.75) is 34.1 Å². The lowest BCUT2D eigenvalue weighted by atomic mass is 9.93. The van der Waals surface area contributed by atoms with Gasteiger partial charge in [0, 0.05) is 6.54 Å². The van der Waals surface area contributed by atoms with Gasteiger partial charge in [0.05, 0.1) is 12.6 Å². The molecule has 0 aliphatic rings. The van der Waals surface area contributed by atoms with Gasteiger partial charge in [0.1, 0.15) is 0 Å². The van der Waals surface area contributed by atoms with Gasteiger partial charge in [-0.25, -0.2) is 9.98 Å². The first-order valence-corrected chi connectivity index (χ1v) is 4.14. The van der Waals surface area contributed by atoms with Crippen molar-refractivity contribution in [3.05, 3.63) is 0 Å². The summed E-state index contributed by atoms with van der Waals surface area (Å²) in [5, 5.41) is 0. The van der Waals surface area contributed by atoms with Crippen LogP contribution in [-0.4, -0.2) is 19.1 Å². The van der Waals surface area contributed by atoms with Gasteiger partial charge in [0.2, 0.25) is 0 Å². The maximum Gasteiger partial charge on any atom is 0.0892 e. The van der Waals surface area contributed by atoms with E-state index in [2.05, 4.69) is 36.8 Å². The fourth-order valence-electron chi connectivity index (χ4n) is 0.562. The van der Waals surface area contributed by atoms with Gasteiger partial charge >= 0.3 is 0 Å². The number of hydrogen-bond acceptors (Lipinski definition) is 2. The summed E-state index contributed by atoms with van der Waals surface area (Å²) in [7, 11) is 0. The van der Waals surface area contributed by atoms with Crippen molar-refractivity contribution in [2.24, 2.45) is 15.4 Å². The highest BCUT2D eigenvalue weighted by molar-refractivity contribution is 5.40. The minimum Gasteiger partial charge on any atom is -0.226 e. The van der Waals surface area contributed by atoms with Crippen LogP contribution in [0.25, 0.3) is 0 Å². The maximum atomic E-state index is 4.03. The molecule has 0 amide bonds. The van der Waals surface area contributed by atoms with Crippen molar-refractivity contribution in [3.8, 4) is 0 Å². The Morgan fingerprint density at radius 1 is 1.18 bits per heavy atom. The molecule has 0 saturated heterocycles. The monoisotopic (exact) mass is 154 g/mol. The van der Waals surface area contributed by atoms with E-state index in [1.165, 1.54) is 0 Å².